The highest BCUT2D eigenvalue weighted by atomic mass is 32.1. The molecule has 1 aliphatic heterocycles. The molecule has 2 amide bonds. The topological polar surface area (TPSA) is 160 Å². The van der Waals surface area contributed by atoms with Crippen LogP contribution in [0.4, 0.5) is 0 Å². The Morgan fingerprint density at radius 3 is 2.36 bits per heavy atom. The number of esters is 1. The van der Waals surface area contributed by atoms with Crippen molar-refractivity contribution in [1.29, 1.82) is 0 Å². The zero-order valence-electron chi connectivity index (χ0n) is 24.0. The van der Waals surface area contributed by atoms with Crippen molar-refractivity contribution in [1.82, 2.24) is 15.6 Å². The SMILES string of the molecule is COC(=O)[C@@H](CC(=O)[C@@H]1CCCN1C(=O)[C@@H](CC(=O)[C@H](CC/C=N\NC(N)=S)NC(C)=O)C(C)C)CC(C)C. The van der Waals surface area contributed by atoms with E-state index in [1.54, 1.807) is 4.90 Å². The van der Waals surface area contributed by atoms with Crippen molar-refractivity contribution in [3.05, 3.63) is 0 Å². The second-order valence-corrected chi connectivity index (χ2v) is 11.3. The fraction of sp³-hybridized carbons (Fsp3) is 0.741. The van der Waals surface area contributed by atoms with Crippen LogP contribution in [0, 0.1) is 23.7 Å². The summed E-state index contributed by atoms with van der Waals surface area (Å²) < 4.78 is 4.90. The lowest BCUT2D eigenvalue weighted by Gasteiger charge is -2.31. The van der Waals surface area contributed by atoms with E-state index in [0.717, 1.165) is 0 Å². The van der Waals surface area contributed by atoms with Gasteiger partial charge in [-0.25, -0.2) is 0 Å². The molecule has 0 aliphatic carbocycles. The number of hydrogen-bond donors (Lipinski definition) is 3. The minimum Gasteiger partial charge on any atom is -0.469 e. The number of nitrogens with two attached hydrogens (primary N) is 1. The van der Waals surface area contributed by atoms with E-state index in [1.807, 2.05) is 27.7 Å². The summed E-state index contributed by atoms with van der Waals surface area (Å²) in [5.41, 5.74) is 7.75. The molecule has 0 aromatic heterocycles. The van der Waals surface area contributed by atoms with E-state index in [9.17, 15) is 24.0 Å². The lowest BCUT2D eigenvalue weighted by atomic mass is 9.86. The zero-order chi connectivity index (χ0) is 29.7. The lowest BCUT2D eigenvalue weighted by Crippen LogP contribution is -2.47. The Morgan fingerprint density at radius 2 is 1.82 bits per heavy atom. The van der Waals surface area contributed by atoms with E-state index in [1.165, 1.54) is 20.2 Å². The molecule has 0 aromatic rings. The third-order valence-electron chi connectivity index (χ3n) is 6.81. The van der Waals surface area contributed by atoms with E-state index in [0.29, 0.717) is 32.2 Å². The van der Waals surface area contributed by atoms with Crippen molar-refractivity contribution < 1.29 is 28.7 Å². The number of methoxy groups -OCH3 is 1. The highest BCUT2D eigenvalue weighted by Gasteiger charge is 2.40. The molecular formula is C27H45N5O6S. The van der Waals surface area contributed by atoms with Gasteiger partial charge in [-0.05, 0) is 56.2 Å². The summed E-state index contributed by atoms with van der Waals surface area (Å²) in [5, 5.41) is 6.52. The van der Waals surface area contributed by atoms with Crippen LogP contribution < -0.4 is 16.5 Å². The predicted molar refractivity (Wildman–Crippen MR) is 153 cm³/mol. The molecule has 1 saturated heterocycles. The molecule has 0 bridgehead atoms. The molecule has 12 heteroatoms. The number of hydrazone groups is 1. The van der Waals surface area contributed by atoms with Gasteiger partial charge in [0.25, 0.3) is 0 Å². The predicted octanol–water partition coefficient (Wildman–Crippen LogP) is 2.11. The van der Waals surface area contributed by atoms with Crippen LogP contribution in [0.15, 0.2) is 5.10 Å². The number of likely N-dealkylation sites (tertiary alicyclic amines) is 1. The Bertz CT molecular complexity index is 922. The first-order valence-corrected chi connectivity index (χ1v) is 14.0. The van der Waals surface area contributed by atoms with Crippen LogP contribution in [-0.2, 0) is 28.7 Å². The molecule has 39 heavy (non-hydrogen) atoms. The first-order valence-electron chi connectivity index (χ1n) is 13.6. The van der Waals surface area contributed by atoms with E-state index >= 15 is 0 Å². The van der Waals surface area contributed by atoms with Crippen molar-refractivity contribution in [3.63, 3.8) is 0 Å². The molecule has 220 valence electrons. The number of thiocarbonyl (C=S) groups is 1. The quantitative estimate of drug-likeness (QED) is 0.110. The van der Waals surface area contributed by atoms with Gasteiger partial charge in [-0.3, -0.25) is 29.4 Å². The van der Waals surface area contributed by atoms with Crippen molar-refractivity contribution in [3.8, 4) is 0 Å². The maximum Gasteiger partial charge on any atom is 0.309 e. The molecule has 1 rings (SSSR count). The monoisotopic (exact) mass is 567 g/mol. The number of ether oxygens (including phenoxy) is 1. The average molecular weight is 568 g/mol. The number of carbonyl (C=O) groups excluding carboxylic acids is 5. The first-order chi connectivity index (χ1) is 18.3. The zero-order valence-corrected chi connectivity index (χ0v) is 24.8. The smallest absolute Gasteiger partial charge is 0.309 e. The fourth-order valence-corrected chi connectivity index (χ4v) is 4.95. The van der Waals surface area contributed by atoms with Crippen LogP contribution in [0.25, 0.3) is 0 Å². The van der Waals surface area contributed by atoms with Gasteiger partial charge in [-0.1, -0.05) is 27.7 Å². The summed E-state index contributed by atoms with van der Waals surface area (Å²) in [6.07, 6.45) is 3.82. The van der Waals surface area contributed by atoms with Crippen LogP contribution >= 0.6 is 12.2 Å². The third kappa shape index (κ3) is 11.8. The van der Waals surface area contributed by atoms with Gasteiger partial charge in [0.1, 0.15) is 0 Å². The standard InChI is InChI=1S/C27H45N5O6S/c1-16(2)13-19(26(37)38-6)14-24(35)22-10-8-12-32(22)25(36)20(17(3)4)15-23(34)21(30-18(5)33)9-7-11-29-31-27(28)39/h11,16-17,19-22H,7-10,12-15H2,1-6H3,(H,30,33)(H3,28,31,39)/b29-11-/t19-,20+,21+,22+/m1/s1. The Kier molecular flexibility index (Phi) is 14.8. The van der Waals surface area contributed by atoms with Crippen molar-refractivity contribution in [2.45, 2.75) is 91.6 Å². The maximum atomic E-state index is 13.7. The van der Waals surface area contributed by atoms with E-state index in [-0.39, 0.29) is 59.6 Å². The summed E-state index contributed by atoms with van der Waals surface area (Å²) in [4.78, 5) is 65.8. The summed E-state index contributed by atoms with van der Waals surface area (Å²) >= 11 is 4.68. The van der Waals surface area contributed by atoms with Crippen LogP contribution in [0.2, 0.25) is 0 Å². The summed E-state index contributed by atoms with van der Waals surface area (Å²) in [6.45, 7) is 9.42. The number of nitrogens with one attached hydrogen (secondary N) is 2. The van der Waals surface area contributed by atoms with Crippen molar-refractivity contribution in [2.75, 3.05) is 13.7 Å². The van der Waals surface area contributed by atoms with E-state index in [2.05, 4.69) is 28.1 Å². The summed E-state index contributed by atoms with van der Waals surface area (Å²) in [5.74, 6) is -2.63. The molecule has 1 heterocycles. The Hall–Kier alpha value is -2.89. The maximum absolute atomic E-state index is 13.7. The fourth-order valence-electron chi connectivity index (χ4n) is 4.90. The van der Waals surface area contributed by atoms with Gasteiger partial charge in [0, 0.05) is 38.4 Å². The number of nitrogens with zero attached hydrogens (tertiary/aromatic N) is 2. The van der Waals surface area contributed by atoms with Gasteiger partial charge in [0.05, 0.1) is 25.1 Å². The lowest BCUT2D eigenvalue weighted by molar-refractivity contribution is -0.149. The van der Waals surface area contributed by atoms with Gasteiger partial charge in [-0.2, -0.15) is 5.10 Å². The minimum absolute atomic E-state index is 0.0125. The number of carbonyl (C=O) groups is 5. The molecule has 4 N–H and O–H groups in total. The second-order valence-electron chi connectivity index (χ2n) is 10.8. The first kappa shape index (κ1) is 34.1. The second kappa shape index (κ2) is 16.9. The van der Waals surface area contributed by atoms with Gasteiger partial charge in [0.2, 0.25) is 11.8 Å². The Morgan fingerprint density at radius 1 is 1.15 bits per heavy atom. The normalized spacial score (nSPS) is 17.6. The minimum atomic E-state index is -0.791. The molecule has 0 saturated carbocycles. The number of hydrogen-bond acceptors (Lipinski definition) is 8. The molecule has 4 atom stereocenters. The molecule has 0 aromatic carbocycles. The molecule has 0 spiro atoms. The number of rotatable bonds is 16. The van der Waals surface area contributed by atoms with Gasteiger partial charge in [-0.15, -0.1) is 0 Å². The molecular weight excluding hydrogens is 522 g/mol. The van der Waals surface area contributed by atoms with Crippen LogP contribution in [0.5, 0.6) is 0 Å². The van der Waals surface area contributed by atoms with E-state index < -0.39 is 29.9 Å². The summed E-state index contributed by atoms with van der Waals surface area (Å²) in [6, 6.07) is -1.42. The molecule has 1 aliphatic rings. The van der Waals surface area contributed by atoms with Crippen LogP contribution in [0.1, 0.15) is 79.6 Å². The van der Waals surface area contributed by atoms with Gasteiger partial charge in [0.15, 0.2) is 16.7 Å². The van der Waals surface area contributed by atoms with Gasteiger partial charge < -0.3 is 20.7 Å². The number of Topliss-reactive ketones (excluding diaryl/α,β-unsaturated/α-hetero) is 2. The Balaban J connectivity index is 2.98. The summed E-state index contributed by atoms with van der Waals surface area (Å²) in [7, 11) is 1.31. The third-order valence-corrected chi connectivity index (χ3v) is 6.90. The number of ketones is 2. The van der Waals surface area contributed by atoms with Crippen molar-refractivity contribution >= 4 is 52.9 Å². The highest BCUT2D eigenvalue weighted by Crippen LogP contribution is 2.29. The number of amides is 2. The van der Waals surface area contributed by atoms with Crippen molar-refractivity contribution in [2.24, 2.45) is 34.5 Å². The largest absolute Gasteiger partial charge is 0.469 e. The molecule has 0 radical (unpaired) electrons. The van der Waals surface area contributed by atoms with Gasteiger partial charge >= 0.3 is 5.97 Å². The Labute approximate surface area is 237 Å². The molecule has 11 nitrogen and oxygen atoms in total. The van der Waals surface area contributed by atoms with E-state index in [4.69, 9.17) is 10.5 Å². The van der Waals surface area contributed by atoms with Crippen LogP contribution in [0.3, 0.4) is 0 Å². The molecule has 0 unspecified atom stereocenters. The highest BCUT2D eigenvalue weighted by molar-refractivity contribution is 7.80. The molecule has 1 fully saturated rings. The van der Waals surface area contributed by atoms with Crippen LogP contribution in [-0.4, -0.2) is 71.3 Å². The average Bonchev–Trinajstić information content (AvgIpc) is 3.34.